The van der Waals surface area contributed by atoms with Crippen LogP contribution >= 0.6 is 23.2 Å². The fourth-order valence-electron chi connectivity index (χ4n) is 2.14. The van der Waals surface area contributed by atoms with Crippen molar-refractivity contribution in [3.63, 3.8) is 0 Å². The summed E-state index contributed by atoms with van der Waals surface area (Å²) >= 11 is 11.8. The molecule has 0 radical (unpaired) electrons. The van der Waals surface area contributed by atoms with Crippen molar-refractivity contribution in [3.8, 4) is 0 Å². The quantitative estimate of drug-likeness (QED) is 0.733. The summed E-state index contributed by atoms with van der Waals surface area (Å²) in [6.45, 7) is 0. The maximum absolute atomic E-state index is 11.9. The van der Waals surface area contributed by atoms with Crippen molar-refractivity contribution in [2.45, 2.75) is 25.4 Å². The summed E-state index contributed by atoms with van der Waals surface area (Å²) in [6.07, 6.45) is 1.66. The second-order valence-electron chi connectivity index (χ2n) is 4.45. The van der Waals surface area contributed by atoms with Gasteiger partial charge < -0.3 is 16.2 Å². The number of nitrogens with two attached hydrogens (primary N) is 1. The predicted octanol–water partition coefficient (Wildman–Crippen LogP) is 2.68. The fourth-order valence-corrected chi connectivity index (χ4v) is 2.62. The van der Waals surface area contributed by atoms with Crippen LogP contribution in [-0.2, 0) is 4.79 Å². The molecule has 18 heavy (non-hydrogen) atoms. The van der Waals surface area contributed by atoms with Gasteiger partial charge in [0.2, 0.25) is 5.91 Å². The Labute approximate surface area is 115 Å². The van der Waals surface area contributed by atoms with E-state index in [2.05, 4.69) is 5.32 Å². The Kier molecular flexibility index (Phi) is 4.00. The summed E-state index contributed by atoms with van der Waals surface area (Å²) in [5.74, 6) is -0.572. The first-order valence-electron chi connectivity index (χ1n) is 5.72. The van der Waals surface area contributed by atoms with Crippen LogP contribution < -0.4 is 11.1 Å². The summed E-state index contributed by atoms with van der Waals surface area (Å²) < 4.78 is 0. The summed E-state index contributed by atoms with van der Waals surface area (Å²) in [4.78, 5) is 11.9. The highest BCUT2D eigenvalue weighted by Gasteiger charge is 2.31. The normalized spacial score (nSPS) is 23.1. The molecule has 1 amide bonds. The van der Waals surface area contributed by atoms with Gasteiger partial charge in [0.1, 0.15) is 0 Å². The maximum Gasteiger partial charge on any atom is 0.230 e. The van der Waals surface area contributed by atoms with E-state index in [0.717, 1.165) is 6.42 Å². The molecular formula is C12H14Cl2N2O2. The highest BCUT2D eigenvalue weighted by Crippen LogP contribution is 2.32. The van der Waals surface area contributed by atoms with Crippen LogP contribution in [0.4, 0.5) is 11.4 Å². The number of anilines is 2. The van der Waals surface area contributed by atoms with Gasteiger partial charge in [0.15, 0.2) is 0 Å². The molecule has 1 saturated carbocycles. The first-order chi connectivity index (χ1) is 8.49. The van der Waals surface area contributed by atoms with Crippen LogP contribution in [0.1, 0.15) is 19.3 Å². The molecule has 0 spiro atoms. The van der Waals surface area contributed by atoms with E-state index in [-0.39, 0.29) is 17.5 Å². The zero-order valence-corrected chi connectivity index (χ0v) is 11.1. The smallest absolute Gasteiger partial charge is 0.230 e. The van der Waals surface area contributed by atoms with Gasteiger partial charge in [-0.25, -0.2) is 0 Å². The molecule has 1 aromatic carbocycles. The Bertz CT molecular complexity index is 456. The van der Waals surface area contributed by atoms with E-state index in [1.165, 1.54) is 0 Å². The molecule has 0 bridgehead atoms. The maximum atomic E-state index is 11.9. The van der Waals surface area contributed by atoms with Gasteiger partial charge in [0.25, 0.3) is 0 Å². The number of nitrogens with one attached hydrogen (secondary N) is 1. The molecular weight excluding hydrogens is 275 g/mol. The zero-order valence-electron chi connectivity index (χ0n) is 9.62. The van der Waals surface area contributed by atoms with Crippen LogP contribution in [0.5, 0.6) is 0 Å². The number of hydrogen-bond acceptors (Lipinski definition) is 3. The standard InChI is InChI=1S/C12H14Cl2N2O2/c13-8-4-6(5-9(14)11(8)15)16-12(18)7-2-1-3-10(7)17/h4-5,7,10,17H,1-3,15H2,(H,16,18). The minimum Gasteiger partial charge on any atom is -0.396 e. The average Bonchev–Trinajstić information content (AvgIpc) is 2.72. The number of benzene rings is 1. The van der Waals surface area contributed by atoms with Crippen LogP contribution in [-0.4, -0.2) is 17.1 Å². The second-order valence-corrected chi connectivity index (χ2v) is 5.26. The van der Waals surface area contributed by atoms with Crippen molar-refractivity contribution < 1.29 is 9.90 Å². The van der Waals surface area contributed by atoms with Gasteiger partial charge in [-0.1, -0.05) is 23.2 Å². The first-order valence-corrected chi connectivity index (χ1v) is 6.48. The Morgan fingerprint density at radius 2 is 1.94 bits per heavy atom. The molecule has 1 aromatic rings. The van der Waals surface area contributed by atoms with Crippen LogP contribution in [0, 0.1) is 5.92 Å². The van der Waals surface area contributed by atoms with Crippen molar-refractivity contribution in [1.82, 2.24) is 0 Å². The van der Waals surface area contributed by atoms with Gasteiger partial charge in [-0.3, -0.25) is 4.79 Å². The van der Waals surface area contributed by atoms with Crippen molar-refractivity contribution in [3.05, 3.63) is 22.2 Å². The van der Waals surface area contributed by atoms with Crippen molar-refractivity contribution in [2.75, 3.05) is 11.1 Å². The van der Waals surface area contributed by atoms with Crippen LogP contribution in [0.25, 0.3) is 0 Å². The number of rotatable bonds is 2. The van der Waals surface area contributed by atoms with E-state index in [0.29, 0.717) is 28.6 Å². The lowest BCUT2D eigenvalue weighted by atomic mass is 10.1. The first kappa shape index (κ1) is 13.5. The Hall–Kier alpha value is -0.970. The van der Waals surface area contributed by atoms with E-state index in [1.54, 1.807) is 12.1 Å². The second kappa shape index (κ2) is 5.34. The number of amides is 1. The highest BCUT2D eigenvalue weighted by molar-refractivity contribution is 6.39. The molecule has 0 aliphatic heterocycles. The van der Waals surface area contributed by atoms with Crippen LogP contribution in [0.3, 0.4) is 0 Å². The Morgan fingerprint density at radius 1 is 1.33 bits per heavy atom. The largest absolute Gasteiger partial charge is 0.396 e. The number of aliphatic hydroxyl groups is 1. The van der Waals surface area contributed by atoms with E-state index in [1.807, 2.05) is 0 Å². The van der Waals surface area contributed by atoms with Crippen LogP contribution in [0.15, 0.2) is 12.1 Å². The lowest BCUT2D eigenvalue weighted by molar-refractivity contribution is -0.122. The van der Waals surface area contributed by atoms with E-state index in [4.69, 9.17) is 28.9 Å². The summed E-state index contributed by atoms with van der Waals surface area (Å²) in [5, 5.41) is 12.9. The average molecular weight is 289 g/mol. The van der Waals surface area contributed by atoms with Crippen molar-refractivity contribution in [2.24, 2.45) is 5.92 Å². The molecule has 4 nitrogen and oxygen atoms in total. The molecule has 98 valence electrons. The van der Waals surface area contributed by atoms with Crippen LogP contribution in [0.2, 0.25) is 10.0 Å². The monoisotopic (exact) mass is 288 g/mol. The third kappa shape index (κ3) is 2.71. The Morgan fingerprint density at radius 3 is 2.44 bits per heavy atom. The van der Waals surface area contributed by atoms with E-state index in [9.17, 15) is 9.90 Å². The zero-order chi connectivity index (χ0) is 13.3. The van der Waals surface area contributed by atoms with Gasteiger partial charge >= 0.3 is 0 Å². The Balaban J connectivity index is 2.12. The van der Waals surface area contributed by atoms with Gasteiger partial charge in [-0.05, 0) is 31.4 Å². The molecule has 6 heteroatoms. The number of carbonyl (C=O) groups excluding carboxylic acids is 1. The summed E-state index contributed by atoms with van der Waals surface area (Å²) in [5.41, 5.74) is 6.39. The lowest BCUT2D eigenvalue weighted by Gasteiger charge is -2.15. The molecule has 2 unspecified atom stereocenters. The number of hydrogen-bond donors (Lipinski definition) is 3. The van der Waals surface area contributed by atoms with Gasteiger partial charge in [-0.15, -0.1) is 0 Å². The molecule has 1 aliphatic rings. The lowest BCUT2D eigenvalue weighted by Crippen LogP contribution is -2.28. The molecule has 1 fully saturated rings. The third-order valence-electron chi connectivity index (χ3n) is 3.16. The molecule has 2 atom stereocenters. The van der Waals surface area contributed by atoms with Gasteiger partial charge in [0.05, 0.1) is 27.8 Å². The minimum absolute atomic E-state index is 0.211. The molecule has 2 rings (SSSR count). The van der Waals surface area contributed by atoms with E-state index < -0.39 is 6.10 Å². The summed E-state index contributed by atoms with van der Waals surface area (Å²) in [7, 11) is 0. The minimum atomic E-state index is -0.565. The van der Waals surface area contributed by atoms with Gasteiger partial charge in [-0.2, -0.15) is 0 Å². The number of aliphatic hydroxyl groups excluding tert-OH is 1. The third-order valence-corrected chi connectivity index (χ3v) is 3.79. The molecule has 1 aliphatic carbocycles. The van der Waals surface area contributed by atoms with Gasteiger partial charge in [0, 0.05) is 5.69 Å². The highest BCUT2D eigenvalue weighted by atomic mass is 35.5. The molecule has 0 aromatic heterocycles. The number of nitrogen functional groups attached to an aromatic ring is 1. The van der Waals surface area contributed by atoms with E-state index >= 15 is 0 Å². The molecule has 0 heterocycles. The molecule has 0 saturated heterocycles. The fraction of sp³-hybridized carbons (Fsp3) is 0.417. The topological polar surface area (TPSA) is 75.3 Å². The SMILES string of the molecule is Nc1c(Cl)cc(NC(=O)C2CCCC2O)cc1Cl. The van der Waals surface area contributed by atoms with Crippen molar-refractivity contribution >= 4 is 40.5 Å². The summed E-state index contributed by atoms with van der Waals surface area (Å²) in [6, 6.07) is 3.09. The molecule has 4 N–H and O–H groups in total. The predicted molar refractivity (Wildman–Crippen MR) is 72.9 cm³/mol. The number of halogens is 2. The van der Waals surface area contributed by atoms with Crippen molar-refractivity contribution in [1.29, 1.82) is 0 Å². The number of carbonyl (C=O) groups is 1.